The average Bonchev–Trinajstić information content (AvgIpc) is 3.10. The van der Waals surface area contributed by atoms with E-state index < -0.39 is 5.82 Å². The van der Waals surface area contributed by atoms with Crippen LogP contribution in [0.4, 0.5) is 4.39 Å². The molecule has 2 aromatic rings. The fourth-order valence-corrected chi connectivity index (χ4v) is 3.78. The van der Waals surface area contributed by atoms with Gasteiger partial charge in [-0.2, -0.15) is 0 Å². The van der Waals surface area contributed by atoms with Crippen LogP contribution < -0.4 is 0 Å². The number of amides is 2. The first-order valence-electron chi connectivity index (χ1n) is 9.34. The van der Waals surface area contributed by atoms with E-state index in [2.05, 4.69) is 11.9 Å². The molecule has 1 aromatic carbocycles. The summed E-state index contributed by atoms with van der Waals surface area (Å²) in [6, 6.07) is 5.94. The van der Waals surface area contributed by atoms with E-state index in [1.807, 2.05) is 0 Å². The van der Waals surface area contributed by atoms with Crippen LogP contribution in [0.25, 0.3) is 0 Å². The summed E-state index contributed by atoms with van der Waals surface area (Å²) < 4.78 is 19.6. The van der Waals surface area contributed by atoms with E-state index in [0.717, 1.165) is 12.8 Å². The Bertz CT molecular complexity index is 879. The molecule has 2 aliphatic rings. The Hall–Kier alpha value is -2.70. The third-order valence-electron chi connectivity index (χ3n) is 5.25. The van der Waals surface area contributed by atoms with Crippen molar-refractivity contribution in [2.75, 3.05) is 19.6 Å². The molecule has 0 saturated carbocycles. The molecule has 2 amide bonds. The minimum atomic E-state index is -0.538. The molecular formula is C20H22FN3O3. The Morgan fingerprint density at radius 1 is 1.19 bits per heavy atom. The third kappa shape index (κ3) is 3.46. The van der Waals surface area contributed by atoms with Crippen LogP contribution in [0.3, 0.4) is 0 Å². The molecule has 0 N–H and O–H groups in total. The summed E-state index contributed by atoms with van der Waals surface area (Å²) in [6.45, 7) is 4.18. The van der Waals surface area contributed by atoms with Crippen LogP contribution in [0.1, 0.15) is 52.3 Å². The fourth-order valence-electron chi connectivity index (χ4n) is 3.78. The maximum absolute atomic E-state index is 13.9. The van der Waals surface area contributed by atoms with Crippen LogP contribution in [0.5, 0.6) is 0 Å². The second-order valence-corrected chi connectivity index (χ2v) is 7.34. The van der Waals surface area contributed by atoms with Crippen LogP contribution in [0.2, 0.25) is 0 Å². The van der Waals surface area contributed by atoms with Crippen molar-refractivity contribution in [3.05, 3.63) is 53.0 Å². The third-order valence-corrected chi connectivity index (χ3v) is 5.25. The van der Waals surface area contributed by atoms with E-state index in [0.29, 0.717) is 43.4 Å². The van der Waals surface area contributed by atoms with Crippen molar-refractivity contribution in [1.82, 2.24) is 14.8 Å². The molecule has 1 saturated heterocycles. The van der Waals surface area contributed by atoms with Gasteiger partial charge in [0.25, 0.3) is 11.8 Å². The quantitative estimate of drug-likeness (QED) is 0.814. The van der Waals surface area contributed by atoms with Gasteiger partial charge in [-0.3, -0.25) is 9.59 Å². The standard InChI is InChI=1S/C20H22FN3O3/c1-13-5-4-9-23(11-13)20(26)18-22-16-12-24(10-8-17(16)27-18)19(25)14-6-2-3-7-15(14)21/h2-3,6-7,13H,4-5,8-12H2,1H3. The number of likely N-dealkylation sites (tertiary alicyclic amines) is 1. The molecule has 0 aliphatic carbocycles. The number of nitrogens with zero attached hydrogens (tertiary/aromatic N) is 3. The van der Waals surface area contributed by atoms with Crippen molar-refractivity contribution in [3.8, 4) is 0 Å². The maximum Gasteiger partial charge on any atom is 0.309 e. The van der Waals surface area contributed by atoms with Crippen molar-refractivity contribution >= 4 is 11.8 Å². The maximum atomic E-state index is 13.9. The molecule has 1 unspecified atom stereocenters. The molecule has 2 aliphatic heterocycles. The number of carbonyl (C=O) groups excluding carboxylic acids is 2. The number of carbonyl (C=O) groups is 2. The van der Waals surface area contributed by atoms with Crippen LogP contribution in [0, 0.1) is 11.7 Å². The number of hydrogen-bond donors (Lipinski definition) is 0. The summed E-state index contributed by atoms with van der Waals surface area (Å²) in [4.78, 5) is 33.0. The highest BCUT2D eigenvalue weighted by molar-refractivity contribution is 5.94. The predicted octanol–water partition coefficient (Wildman–Crippen LogP) is 2.88. The summed E-state index contributed by atoms with van der Waals surface area (Å²) in [5.74, 6) is 0.0994. The van der Waals surface area contributed by atoms with Crippen LogP contribution in [0.15, 0.2) is 28.7 Å². The Balaban J connectivity index is 1.50. The first kappa shape index (κ1) is 17.7. The highest BCUT2D eigenvalue weighted by atomic mass is 19.1. The number of hydrogen-bond acceptors (Lipinski definition) is 4. The molecule has 7 heteroatoms. The van der Waals surface area contributed by atoms with Gasteiger partial charge in [-0.1, -0.05) is 19.1 Å². The highest BCUT2D eigenvalue weighted by Crippen LogP contribution is 2.24. The normalized spacial score (nSPS) is 19.7. The molecule has 1 atom stereocenters. The predicted molar refractivity (Wildman–Crippen MR) is 95.6 cm³/mol. The Labute approximate surface area is 157 Å². The van der Waals surface area contributed by atoms with Crippen molar-refractivity contribution in [1.29, 1.82) is 0 Å². The molecule has 142 valence electrons. The van der Waals surface area contributed by atoms with Crippen molar-refractivity contribution in [3.63, 3.8) is 0 Å². The van der Waals surface area contributed by atoms with Gasteiger partial charge in [0.15, 0.2) is 0 Å². The average molecular weight is 371 g/mol. The lowest BCUT2D eigenvalue weighted by atomic mass is 10.0. The summed E-state index contributed by atoms with van der Waals surface area (Å²) in [5.41, 5.74) is 0.627. The minimum Gasteiger partial charge on any atom is -0.437 e. The molecule has 4 rings (SSSR count). The second-order valence-electron chi connectivity index (χ2n) is 7.34. The van der Waals surface area contributed by atoms with Gasteiger partial charge in [0, 0.05) is 26.1 Å². The number of benzene rings is 1. The SMILES string of the molecule is CC1CCCN(C(=O)c2nc3c(o2)CCN(C(=O)c2ccccc2F)C3)C1. The van der Waals surface area contributed by atoms with Gasteiger partial charge in [-0.05, 0) is 30.9 Å². The van der Waals surface area contributed by atoms with Crippen LogP contribution in [-0.4, -0.2) is 46.2 Å². The number of oxazole rings is 1. The monoisotopic (exact) mass is 371 g/mol. The number of halogens is 1. The van der Waals surface area contributed by atoms with E-state index in [9.17, 15) is 14.0 Å². The van der Waals surface area contributed by atoms with Crippen molar-refractivity contribution in [2.24, 2.45) is 5.92 Å². The van der Waals surface area contributed by atoms with Gasteiger partial charge in [0.1, 0.15) is 17.3 Å². The molecule has 0 bridgehead atoms. The van der Waals surface area contributed by atoms with Crippen LogP contribution in [-0.2, 0) is 13.0 Å². The van der Waals surface area contributed by atoms with Gasteiger partial charge in [0.05, 0.1) is 12.1 Å². The Kier molecular flexibility index (Phi) is 4.68. The Morgan fingerprint density at radius 3 is 2.78 bits per heavy atom. The molecular weight excluding hydrogens is 349 g/mol. The molecule has 0 radical (unpaired) electrons. The number of fused-ring (bicyclic) bond motifs is 1. The zero-order valence-corrected chi connectivity index (χ0v) is 15.3. The zero-order valence-electron chi connectivity index (χ0n) is 15.3. The summed E-state index contributed by atoms with van der Waals surface area (Å²) >= 11 is 0. The van der Waals surface area contributed by atoms with E-state index in [1.165, 1.54) is 12.1 Å². The topological polar surface area (TPSA) is 66.7 Å². The van der Waals surface area contributed by atoms with Gasteiger partial charge >= 0.3 is 5.91 Å². The lowest BCUT2D eigenvalue weighted by molar-refractivity contribution is 0.0638. The molecule has 6 nitrogen and oxygen atoms in total. The van der Waals surface area contributed by atoms with Crippen molar-refractivity contribution in [2.45, 2.75) is 32.7 Å². The van der Waals surface area contributed by atoms with Gasteiger partial charge in [0.2, 0.25) is 0 Å². The molecule has 27 heavy (non-hydrogen) atoms. The van der Waals surface area contributed by atoms with E-state index >= 15 is 0 Å². The first-order valence-corrected chi connectivity index (χ1v) is 9.34. The zero-order chi connectivity index (χ0) is 19.0. The van der Waals surface area contributed by atoms with E-state index in [1.54, 1.807) is 21.9 Å². The number of piperidine rings is 1. The first-order chi connectivity index (χ1) is 13.0. The summed E-state index contributed by atoms with van der Waals surface area (Å²) in [7, 11) is 0. The molecule has 1 aromatic heterocycles. The van der Waals surface area contributed by atoms with Gasteiger partial charge in [-0.15, -0.1) is 0 Å². The second kappa shape index (κ2) is 7.13. The Morgan fingerprint density at radius 2 is 2.00 bits per heavy atom. The van der Waals surface area contributed by atoms with E-state index in [-0.39, 0.29) is 29.8 Å². The van der Waals surface area contributed by atoms with Crippen molar-refractivity contribution < 1.29 is 18.4 Å². The highest BCUT2D eigenvalue weighted by Gasteiger charge is 2.31. The smallest absolute Gasteiger partial charge is 0.309 e. The van der Waals surface area contributed by atoms with Crippen LogP contribution >= 0.6 is 0 Å². The lowest BCUT2D eigenvalue weighted by Gasteiger charge is -2.29. The molecule has 0 spiro atoms. The summed E-state index contributed by atoms with van der Waals surface area (Å²) in [5, 5.41) is 0. The summed E-state index contributed by atoms with van der Waals surface area (Å²) in [6.07, 6.45) is 2.57. The minimum absolute atomic E-state index is 0.0445. The van der Waals surface area contributed by atoms with Gasteiger partial charge in [-0.25, -0.2) is 9.37 Å². The largest absolute Gasteiger partial charge is 0.437 e. The number of aromatic nitrogens is 1. The lowest BCUT2D eigenvalue weighted by Crippen LogP contribution is -2.39. The molecule has 1 fully saturated rings. The molecule has 3 heterocycles. The fraction of sp³-hybridized carbons (Fsp3) is 0.450. The van der Waals surface area contributed by atoms with E-state index in [4.69, 9.17) is 4.42 Å². The van der Waals surface area contributed by atoms with Gasteiger partial charge < -0.3 is 14.2 Å². The number of rotatable bonds is 2.